The maximum atomic E-state index is 12.3. The monoisotopic (exact) mass is 331 g/mol. The summed E-state index contributed by atoms with van der Waals surface area (Å²) in [4.78, 5) is 39.3. The molecule has 24 heavy (non-hydrogen) atoms. The minimum Gasteiger partial charge on any atom is -0.343 e. The first-order chi connectivity index (χ1) is 11.4. The lowest BCUT2D eigenvalue weighted by atomic mass is 10.1. The molecule has 6 heteroatoms. The normalized spacial score (nSPS) is 15.0. The maximum absolute atomic E-state index is 12.3. The Morgan fingerprint density at radius 2 is 1.67 bits per heavy atom. The van der Waals surface area contributed by atoms with Gasteiger partial charge in [-0.15, -0.1) is 0 Å². The number of rotatable bonds is 3. The van der Waals surface area contributed by atoms with Crippen LogP contribution in [0.1, 0.15) is 34.8 Å². The molecule has 1 aliphatic heterocycles. The van der Waals surface area contributed by atoms with Crippen molar-refractivity contribution < 1.29 is 14.4 Å². The highest BCUT2D eigenvalue weighted by atomic mass is 16.2. The van der Waals surface area contributed by atoms with Crippen LogP contribution in [-0.2, 0) is 9.59 Å². The molecule has 0 radical (unpaired) electrons. The molecule has 0 spiro atoms. The van der Waals surface area contributed by atoms with Gasteiger partial charge in [0.05, 0.1) is 6.54 Å². The summed E-state index contributed by atoms with van der Waals surface area (Å²) in [5, 5.41) is 2.69. The molecule has 2 rings (SSSR count). The van der Waals surface area contributed by atoms with Crippen LogP contribution in [0.25, 0.3) is 0 Å². The Morgan fingerprint density at radius 3 is 2.33 bits per heavy atom. The molecule has 0 unspecified atom stereocenters. The molecule has 0 aromatic heterocycles. The van der Waals surface area contributed by atoms with Crippen molar-refractivity contribution in [1.29, 1.82) is 0 Å². The van der Waals surface area contributed by atoms with Crippen molar-refractivity contribution in [2.24, 2.45) is 0 Å². The van der Waals surface area contributed by atoms with Crippen molar-refractivity contribution in [1.82, 2.24) is 15.1 Å². The van der Waals surface area contributed by atoms with E-state index in [1.807, 2.05) is 26.0 Å². The van der Waals surface area contributed by atoms with Gasteiger partial charge in [0.1, 0.15) is 0 Å². The summed E-state index contributed by atoms with van der Waals surface area (Å²) in [5.74, 6) is -0.323. The van der Waals surface area contributed by atoms with Crippen molar-refractivity contribution in [3.05, 3.63) is 34.9 Å². The first kappa shape index (κ1) is 18.0. The Labute approximate surface area is 142 Å². The largest absolute Gasteiger partial charge is 0.343 e. The van der Waals surface area contributed by atoms with Gasteiger partial charge in [0, 0.05) is 38.7 Å². The molecule has 1 N–H and O–H groups in total. The summed E-state index contributed by atoms with van der Waals surface area (Å²) >= 11 is 0. The molecule has 1 aromatic rings. The fraction of sp³-hybridized carbons (Fsp3) is 0.500. The van der Waals surface area contributed by atoms with Crippen molar-refractivity contribution in [3.63, 3.8) is 0 Å². The highest BCUT2D eigenvalue weighted by Crippen LogP contribution is 2.09. The number of carbonyl (C=O) groups excluding carboxylic acids is 3. The lowest BCUT2D eigenvalue weighted by Gasteiger charge is -2.21. The number of hydrogen-bond donors (Lipinski definition) is 1. The van der Waals surface area contributed by atoms with E-state index in [1.165, 1.54) is 0 Å². The van der Waals surface area contributed by atoms with Crippen LogP contribution in [0.2, 0.25) is 0 Å². The summed E-state index contributed by atoms with van der Waals surface area (Å²) in [7, 11) is 0. The van der Waals surface area contributed by atoms with Crippen molar-refractivity contribution in [2.45, 2.75) is 27.2 Å². The predicted molar refractivity (Wildman–Crippen MR) is 91.7 cm³/mol. The number of aryl methyl sites for hydroxylation is 2. The molecule has 6 nitrogen and oxygen atoms in total. The first-order valence-electron chi connectivity index (χ1n) is 8.27. The topological polar surface area (TPSA) is 69.7 Å². The number of benzene rings is 1. The van der Waals surface area contributed by atoms with Gasteiger partial charge >= 0.3 is 0 Å². The van der Waals surface area contributed by atoms with E-state index in [0.717, 1.165) is 17.5 Å². The lowest BCUT2D eigenvalue weighted by Crippen LogP contribution is -2.42. The number of nitrogens with one attached hydrogen (secondary N) is 1. The highest BCUT2D eigenvalue weighted by molar-refractivity contribution is 5.96. The molecule has 1 heterocycles. The second kappa shape index (κ2) is 7.95. The third-order valence-corrected chi connectivity index (χ3v) is 4.46. The van der Waals surface area contributed by atoms with Crippen LogP contribution >= 0.6 is 0 Å². The molecular formula is C18H25N3O3. The average molecular weight is 331 g/mol. The first-order valence-corrected chi connectivity index (χ1v) is 8.27. The highest BCUT2D eigenvalue weighted by Gasteiger charge is 2.20. The molecule has 1 aliphatic rings. The summed E-state index contributed by atoms with van der Waals surface area (Å²) < 4.78 is 0. The standard InChI is InChI=1S/C18H25N3O3/c1-13-5-6-16(11-14(13)2)18(24)19-12-17(23)21-8-4-7-20(9-10-21)15(3)22/h5-6,11H,4,7-10,12H2,1-3H3,(H,19,24). The maximum Gasteiger partial charge on any atom is 0.251 e. The van der Waals surface area contributed by atoms with Gasteiger partial charge < -0.3 is 15.1 Å². The third-order valence-electron chi connectivity index (χ3n) is 4.46. The minimum absolute atomic E-state index is 0.0220. The predicted octanol–water partition coefficient (Wildman–Crippen LogP) is 1.11. The molecule has 130 valence electrons. The number of hydrogen-bond acceptors (Lipinski definition) is 3. The van der Waals surface area contributed by atoms with E-state index in [0.29, 0.717) is 31.7 Å². The van der Waals surface area contributed by atoms with Crippen LogP contribution in [-0.4, -0.2) is 60.2 Å². The Bertz CT molecular complexity index is 642. The van der Waals surface area contributed by atoms with Gasteiger partial charge in [-0.1, -0.05) is 6.07 Å². The van der Waals surface area contributed by atoms with Crippen molar-refractivity contribution >= 4 is 17.7 Å². The number of carbonyl (C=O) groups is 3. The van der Waals surface area contributed by atoms with Crippen LogP contribution in [0.5, 0.6) is 0 Å². The summed E-state index contributed by atoms with van der Waals surface area (Å²) in [6.45, 7) is 7.81. The van der Waals surface area contributed by atoms with E-state index in [-0.39, 0.29) is 24.3 Å². The van der Waals surface area contributed by atoms with Crippen LogP contribution in [0, 0.1) is 13.8 Å². The number of nitrogens with zero attached hydrogens (tertiary/aromatic N) is 2. The van der Waals surface area contributed by atoms with Crippen LogP contribution < -0.4 is 5.32 Å². The summed E-state index contributed by atoms with van der Waals surface area (Å²) in [5.41, 5.74) is 2.73. The van der Waals surface area contributed by atoms with Crippen LogP contribution in [0.3, 0.4) is 0 Å². The Morgan fingerprint density at radius 1 is 1.00 bits per heavy atom. The summed E-state index contributed by atoms with van der Waals surface area (Å²) in [6.07, 6.45) is 0.760. The summed E-state index contributed by atoms with van der Waals surface area (Å²) in [6, 6.07) is 5.49. The van der Waals surface area contributed by atoms with Gasteiger partial charge in [0.25, 0.3) is 5.91 Å². The quantitative estimate of drug-likeness (QED) is 0.902. The van der Waals surface area contributed by atoms with Crippen LogP contribution in [0.4, 0.5) is 0 Å². The van der Waals surface area contributed by atoms with Gasteiger partial charge in [-0.25, -0.2) is 0 Å². The lowest BCUT2D eigenvalue weighted by molar-refractivity contribution is -0.131. The van der Waals surface area contributed by atoms with E-state index < -0.39 is 0 Å². The van der Waals surface area contributed by atoms with Gasteiger partial charge in [0.2, 0.25) is 11.8 Å². The third kappa shape index (κ3) is 4.57. The molecule has 0 aliphatic carbocycles. The molecule has 0 bridgehead atoms. The Kier molecular flexibility index (Phi) is 5.95. The SMILES string of the molecule is CC(=O)N1CCCN(C(=O)CNC(=O)c2ccc(C)c(C)c2)CC1. The molecule has 0 atom stereocenters. The van der Waals surface area contributed by atoms with Gasteiger partial charge in [0.15, 0.2) is 0 Å². The fourth-order valence-corrected chi connectivity index (χ4v) is 2.73. The second-order valence-corrected chi connectivity index (χ2v) is 6.22. The van der Waals surface area contributed by atoms with E-state index in [4.69, 9.17) is 0 Å². The van der Waals surface area contributed by atoms with Gasteiger partial charge in [-0.2, -0.15) is 0 Å². The van der Waals surface area contributed by atoms with Crippen molar-refractivity contribution in [3.8, 4) is 0 Å². The van der Waals surface area contributed by atoms with E-state index >= 15 is 0 Å². The zero-order chi connectivity index (χ0) is 17.7. The molecule has 1 fully saturated rings. The smallest absolute Gasteiger partial charge is 0.251 e. The molecule has 1 saturated heterocycles. The zero-order valence-electron chi connectivity index (χ0n) is 14.6. The molecule has 3 amide bonds. The molecule has 0 saturated carbocycles. The average Bonchev–Trinajstić information content (AvgIpc) is 2.81. The second-order valence-electron chi connectivity index (χ2n) is 6.22. The molecule has 1 aromatic carbocycles. The Hall–Kier alpha value is -2.37. The molecular weight excluding hydrogens is 306 g/mol. The van der Waals surface area contributed by atoms with E-state index in [1.54, 1.807) is 22.8 Å². The van der Waals surface area contributed by atoms with E-state index in [9.17, 15) is 14.4 Å². The van der Waals surface area contributed by atoms with Crippen molar-refractivity contribution in [2.75, 3.05) is 32.7 Å². The van der Waals surface area contributed by atoms with Crippen LogP contribution in [0.15, 0.2) is 18.2 Å². The van der Waals surface area contributed by atoms with Gasteiger partial charge in [-0.3, -0.25) is 14.4 Å². The number of amides is 3. The Balaban J connectivity index is 1.87. The van der Waals surface area contributed by atoms with Gasteiger partial charge in [-0.05, 0) is 43.5 Å². The minimum atomic E-state index is -0.244. The zero-order valence-corrected chi connectivity index (χ0v) is 14.6. The van der Waals surface area contributed by atoms with E-state index in [2.05, 4.69) is 5.32 Å². The fourth-order valence-electron chi connectivity index (χ4n) is 2.73.